The van der Waals surface area contributed by atoms with Crippen molar-refractivity contribution in [1.29, 1.82) is 0 Å². The Balaban J connectivity index is 3.11. The summed E-state index contributed by atoms with van der Waals surface area (Å²) in [6.45, 7) is 3.61. The number of ketones is 1. The highest BCUT2D eigenvalue weighted by molar-refractivity contribution is 6.02. The number of hydrogen-bond acceptors (Lipinski definition) is 2. The van der Waals surface area contributed by atoms with Crippen LogP contribution in [0.2, 0.25) is 0 Å². The van der Waals surface area contributed by atoms with Gasteiger partial charge in [0.05, 0.1) is 12.2 Å². The van der Waals surface area contributed by atoms with Crippen LogP contribution in [0.3, 0.4) is 0 Å². The largest absolute Gasteiger partial charge is 0.490 e. The minimum Gasteiger partial charge on any atom is -0.490 e. The van der Waals surface area contributed by atoms with E-state index in [1.165, 1.54) is 0 Å². The molecule has 0 aromatic heterocycles. The Labute approximate surface area is 112 Å². The van der Waals surface area contributed by atoms with Crippen molar-refractivity contribution in [1.82, 2.24) is 0 Å². The van der Waals surface area contributed by atoms with Crippen LogP contribution >= 0.6 is 0 Å². The minimum atomic E-state index is -5.23. The number of Topliss-reactive ketones (excluding diaryl/α,β-unsaturated/α-hetero) is 1. The molecule has 0 saturated heterocycles. The monoisotopic (exact) mass is 296 g/mol. The van der Waals surface area contributed by atoms with Crippen LogP contribution in [0.25, 0.3) is 0 Å². The summed E-state index contributed by atoms with van der Waals surface area (Å²) < 4.78 is 68.5. The summed E-state index contributed by atoms with van der Waals surface area (Å²) in [5.41, 5.74) is -1.15. The molecule has 0 aliphatic carbocycles. The van der Waals surface area contributed by atoms with Crippen LogP contribution in [0, 0.1) is 17.6 Å². The summed E-state index contributed by atoms with van der Waals surface area (Å²) >= 11 is 0. The third kappa shape index (κ3) is 4.18. The molecule has 1 rings (SSSR count). The van der Waals surface area contributed by atoms with Gasteiger partial charge < -0.3 is 4.74 Å². The highest BCUT2D eigenvalue weighted by Gasteiger charge is 2.41. The second-order valence-corrected chi connectivity index (χ2v) is 4.62. The fourth-order valence-corrected chi connectivity index (χ4v) is 1.43. The molecular formula is C13H13F5O2. The molecule has 0 spiro atoms. The normalized spacial score (nSPS) is 11.8. The molecule has 2 nitrogen and oxygen atoms in total. The molecular weight excluding hydrogens is 283 g/mol. The average molecular weight is 296 g/mol. The molecule has 0 radical (unpaired) electrons. The Bertz CT molecular complexity index is 494. The number of halogens is 5. The van der Waals surface area contributed by atoms with Crippen LogP contribution in [0.15, 0.2) is 12.1 Å². The van der Waals surface area contributed by atoms with E-state index in [1.807, 2.05) is 13.8 Å². The molecule has 1 aromatic carbocycles. The first-order chi connectivity index (χ1) is 9.12. The zero-order valence-corrected chi connectivity index (χ0v) is 10.9. The van der Waals surface area contributed by atoms with Gasteiger partial charge in [0.1, 0.15) is 5.82 Å². The molecule has 20 heavy (non-hydrogen) atoms. The summed E-state index contributed by atoms with van der Waals surface area (Å²) in [7, 11) is 0. The van der Waals surface area contributed by atoms with E-state index in [-0.39, 0.29) is 12.5 Å². The lowest BCUT2D eigenvalue weighted by Crippen LogP contribution is -2.24. The van der Waals surface area contributed by atoms with Gasteiger partial charge in [0, 0.05) is 6.07 Å². The van der Waals surface area contributed by atoms with E-state index in [1.54, 1.807) is 0 Å². The van der Waals surface area contributed by atoms with Crippen LogP contribution in [-0.2, 0) is 0 Å². The van der Waals surface area contributed by atoms with Crippen molar-refractivity contribution in [2.45, 2.75) is 26.4 Å². The van der Waals surface area contributed by atoms with Crippen molar-refractivity contribution in [2.24, 2.45) is 5.92 Å². The summed E-state index contributed by atoms with van der Waals surface area (Å²) in [5.74, 6) is -5.63. The number of benzene rings is 1. The Kier molecular flexibility index (Phi) is 5.08. The summed E-state index contributed by atoms with van der Waals surface area (Å²) in [4.78, 5) is 11.2. The molecule has 0 fully saturated rings. The van der Waals surface area contributed by atoms with Crippen molar-refractivity contribution in [3.05, 3.63) is 29.3 Å². The van der Waals surface area contributed by atoms with E-state index in [9.17, 15) is 26.7 Å². The Morgan fingerprint density at radius 2 is 1.85 bits per heavy atom. The third-order valence-electron chi connectivity index (χ3n) is 2.45. The zero-order chi connectivity index (χ0) is 15.5. The van der Waals surface area contributed by atoms with E-state index in [0.29, 0.717) is 18.6 Å². The lowest BCUT2D eigenvalue weighted by Gasteiger charge is -2.14. The van der Waals surface area contributed by atoms with Crippen LogP contribution in [0.4, 0.5) is 22.0 Å². The molecule has 7 heteroatoms. The first-order valence-electron chi connectivity index (χ1n) is 5.86. The zero-order valence-electron chi connectivity index (χ0n) is 10.9. The predicted molar refractivity (Wildman–Crippen MR) is 61.7 cm³/mol. The Hall–Kier alpha value is -1.66. The number of rotatable bonds is 5. The molecule has 0 saturated carbocycles. The third-order valence-corrected chi connectivity index (χ3v) is 2.45. The van der Waals surface area contributed by atoms with Crippen molar-refractivity contribution >= 4 is 5.78 Å². The summed E-state index contributed by atoms with van der Waals surface area (Å²) in [5, 5.41) is 0. The maximum absolute atomic E-state index is 13.5. The molecule has 0 heterocycles. The standard InChI is InChI=1S/C13H13F5O2/c1-7(2)3-4-20-11-9(12(19)13(16,17)18)5-8(14)6-10(11)15/h5-7H,3-4H2,1-2H3. The van der Waals surface area contributed by atoms with Gasteiger partial charge >= 0.3 is 6.18 Å². The van der Waals surface area contributed by atoms with E-state index >= 15 is 0 Å². The predicted octanol–water partition coefficient (Wildman–Crippen LogP) is 4.13. The average Bonchev–Trinajstić information content (AvgIpc) is 2.28. The van der Waals surface area contributed by atoms with E-state index < -0.39 is 34.9 Å². The maximum Gasteiger partial charge on any atom is 0.455 e. The van der Waals surface area contributed by atoms with Crippen LogP contribution in [-0.4, -0.2) is 18.6 Å². The highest BCUT2D eigenvalue weighted by atomic mass is 19.4. The molecule has 0 amide bonds. The van der Waals surface area contributed by atoms with Gasteiger partial charge in [0.2, 0.25) is 0 Å². The molecule has 0 bridgehead atoms. The van der Waals surface area contributed by atoms with Gasteiger partial charge in [-0.3, -0.25) is 4.79 Å². The fourth-order valence-electron chi connectivity index (χ4n) is 1.43. The summed E-state index contributed by atoms with van der Waals surface area (Å²) in [6, 6.07) is 0.696. The first kappa shape index (κ1) is 16.4. The smallest absolute Gasteiger partial charge is 0.455 e. The van der Waals surface area contributed by atoms with E-state index in [0.717, 1.165) is 0 Å². The molecule has 0 atom stereocenters. The van der Waals surface area contributed by atoms with Gasteiger partial charge in [-0.1, -0.05) is 13.8 Å². The lowest BCUT2D eigenvalue weighted by atomic mass is 10.1. The fraction of sp³-hybridized carbons (Fsp3) is 0.462. The van der Waals surface area contributed by atoms with Crippen molar-refractivity contribution in [3.63, 3.8) is 0 Å². The quantitative estimate of drug-likeness (QED) is 0.603. The molecule has 112 valence electrons. The van der Waals surface area contributed by atoms with Gasteiger partial charge in [-0.2, -0.15) is 13.2 Å². The topological polar surface area (TPSA) is 26.3 Å². The first-order valence-corrected chi connectivity index (χ1v) is 5.86. The van der Waals surface area contributed by atoms with Gasteiger partial charge in [-0.25, -0.2) is 8.78 Å². The van der Waals surface area contributed by atoms with Gasteiger partial charge in [-0.05, 0) is 18.4 Å². The number of hydrogen-bond donors (Lipinski definition) is 0. The Morgan fingerprint density at radius 3 is 2.35 bits per heavy atom. The van der Waals surface area contributed by atoms with Crippen molar-refractivity contribution in [2.75, 3.05) is 6.61 Å². The molecule has 0 N–H and O–H groups in total. The molecule has 0 aliphatic heterocycles. The summed E-state index contributed by atoms with van der Waals surface area (Å²) in [6.07, 6.45) is -4.77. The SMILES string of the molecule is CC(C)CCOc1c(F)cc(F)cc1C(=O)C(F)(F)F. The number of carbonyl (C=O) groups is 1. The number of alkyl halides is 3. The van der Waals surface area contributed by atoms with Gasteiger partial charge in [-0.15, -0.1) is 0 Å². The number of carbonyl (C=O) groups excluding carboxylic acids is 1. The number of ether oxygens (including phenoxy) is 1. The van der Waals surface area contributed by atoms with E-state index in [4.69, 9.17) is 4.74 Å². The second-order valence-electron chi connectivity index (χ2n) is 4.62. The second kappa shape index (κ2) is 6.19. The van der Waals surface area contributed by atoms with Crippen LogP contribution < -0.4 is 4.74 Å². The maximum atomic E-state index is 13.5. The molecule has 1 aromatic rings. The van der Waals surface area contributed by atoms with Crippen molar-refractivity contribution in [3.8, 4) is 5.75 Å². The lowest BCUT2D eigenvalue weighted by molar-refractivity contribution is -0.0887. The van der Waals surface area contributed by atoms with Crippen molar-refractivity contribution < 1.29 is 31.5 Å². The van der Waals surface area contributed by atoms with E-state index in [2.05, 4.69) is 0 Å². The van der Waals surface area contributed by atoms with Gasteiger partial charge in [0.15, 0.2) is 11.6 Å². The van der Waals surface area contributed by atoms with Crippen LogP contribution in [0.5, 0.6) is 5.75 Å². The van der Waals surface area contributed by atoms with Gasteiger partial charge in [0.25, 0.3) is 5.78 Å². The van der Waals surface area contributed by atoms with Crippen LogP contribution in [0.1, 0.15) is 30.6 Å². The molecule has 0 aliphatic rings. The minimum absolute atomic E-state index is 0.0711. The Morgan fingerprint density at radius 1 is 1.25 bits per heavy atom. The molecule has 0 unspecified atom stereocenters. The highest BCUT2D eigenvalue weighted by Crippen LogP contribution is 2.31.